The predicted octanol–water partition coefficient (Wildman–Crippen LogP) is 1.54. The molecule has 15 heavy (non-hydrogen) atoms. The van der Waals surface area contributed by atoms with Crippen LogP contribution in [-0.2, 0) is 0 Å². The van der Waals surface area contributed by atoms with Gasteiger partial charge in [-0.05, 0) is 6.92 Å². The third-order valence-corrected chi connectivity index (χ3v) is 2.66. The highest BCUT2D eigenvalue weighted by atomic mass is 32.1. The number of ketones is 1. The van der Waals surface area contributed by atoms with Crippen LogP contribution in [0.15, 0.2) is 17.8 Å². The number of Topliss-reactive ketones (excluding diaryl/α,β-unsaturated/α-hetero) is 1. The minimum Gasteiger partial charge on any atom is -0.473 e. The number of methoxy groups -OCH3 is 1. The number of carbonyl (C=O) groups is 1. The zero-order valence-electron chi connectivity index (χ0n) is 8.30. The summed E-state index contributed by atoms with van der Waals surface area (Å²) in [6, 6.07) is 0. The minimum atomic E-state index is -0.0107. The van der Waals surface area contributed by atoms with E-state index in [1.807, 2.05) is 5.38 Å². The van der Waals surface area contributed by atoms with Crippen LogP contribution in [0.5, 0.6) is 5.19 Å². The lowest BCUT2D eigenvalue weighted by Crippen LogP contribution is -1.95. The van der Waals surface area contributed by atoms with Crippen LogP contribution in [0, 0.1) is 0 Å². The summed E-state index contributed by atoms with van der Waals surface area (Å²) in [6.07, 6.45) is 3.17. The van der Waals surface area contributed by atoms with E-state index in [9.17, 15) is 4.79 Å². The van der Waals surface area contributed by atoms with Crippen molar-refractivity contribution in [2.24, 2.45) is 0 Å². The molecule has 0 saturated carbocycles. The first-order valence-electron chi connectivity index (χ1n) is 4.26. The molecule has 0 unspecified atom stereocenters. The first kappa shape index (κ1) is 9.85. The van der Waals surface area contributed by atoms with Crippen LogP contribution in [-0.4, -0.2) is 27.7 Å². The smallest absolute Gasteiger partial charge is 0.274 e. The molecule has 0 aliphatic carbocycles. The Bertz CT molecular complexity index is 489. The highest BCUT2D eigenvalue weighted by molar-refractivity contribution is 7.11. The van der Waals surface area contributed by atoms with Crippen molar-refractivity contribution < 1.29 is 9.53 Å². The maximum atomic E-state index is 11.1. The third-order valence-electron chi connectivity index (χ3n) is 1.87. The number of aromatic nitrogens is 3. The van der Waals surface area contributed by atoms with Gasteiger partial charge in [0.15, 0.2) is 11.6 Å². The van der Waals surface area contributed by atoms with E-state index in [1.54, 1.807) is 18.0 Å². The molecule has 2 aromatic heterocycles. The fraction of sp³-hybridized carbons (Fsp3) is 0.222. The molecular formula is C9H9N3O2S. The lowest BCUT2D eigenvalue weighted by Gasteiger charge is -1.93. The highest BCUT2D eigenvalue weighted by Crippen LogP contribution is 2.19. The average molecular weight is 223 g/mol. The number of hydrogen-bond donors (Lipinski definition) is 0. The zero-order valence-corrected chi connectivity index (χ0v) is 9.11. The number of rotatable bonds is 3. The molecule has 0 aliphatic heterocycles. The van der Waals surface area contributed by atoms with E-state index in [1.165, 1.54) is 24.5 Å². The van der Waals surface area contributed by atoms with Crippen molar-refractivity contribution >= 4 is 17.1 Å². The average Bonchev–Trinajstić information content (AvgIpc) is 2.86. The molecule has 0 amide bonds. The Morgan fingerprint density at radius 1 is 1.60 bits per heavy atom. The number of carbonyl (C=O) groups excluding carboxylic acids is 1. The van der Waals surface area contributed by atoms with E-state index >= 15 is 0 Å². The Morgan fingerprint density at radius 2 is 2.40 bits per heavy atom. The van der Waals surface area contributed by atoms with Crippen LogP contribution >= 0.6 is 11.3 Å². The molecule has 0 N–H and O–H groups in total. The Kier molecular flexibility index (Phi) is 2.51. The summed E-state index contributed by atoms with van der Waals surface area (Å²) in [5, 5.41) is 6.43. The normalized spacial score (nSPS) is 10.3. The largest absolute Gasteiger partial charge is 0.473 e. The van der Waals surface area contributed by atoms with E-state index in [0.29, 0.717) is 16.6 Å². The van der Waals surface area contributed by atoms with Crippen LogP contribution < -0.4 is 4.74 Å². The van der Waals surface area contributed by atoms with Crippen molar-refractivity contribution in [2.75, 3.05) is 7.11 Å². The maximum Gasteiger partial charge on any atom is 0.274 e. The topological polar surface area (TPSA) is 57.0 Å². The van der Waals surface area contributed by atoms with Gasteiger partial charge in [0.05, 0.1) is 18.9 Å². The van der Waals surface area contributed by atoms with Crippen molar-refractivity contribution in [3.63, 3.8) is 0 Å². The maximum absolute atomic E-state index is 11.1. The Balaban J connectivity index is 2.32. The second-order valence-corrected chi connectivity index (χ2v) is 3.73. The first-order valence-corrected chi connectivity index (χ1v) is 5.14. The summed E-state index contributed by atoms with van der Waals surface area (Å²) in [6.45, 7) is 1.50. The summed E-state index contributed by atoms with van der Waals surface area (Å²) in [7, 11) is 1.56. The number of hydrogen-bond acceptors (Lipinski definition) is 5. The minimum absolute atomic E-state index is 0.0107. The third kappa shape index (κ3) is 1.89. The lowest BCUT2D eigenvalue weighted by atomic mass is 10.3. The standard InChI is InChI=1S/C9H9N3O2S/c1-6(13)7-3-10-12(4-7)8-5-15-9(11-8)14-2/h3-5H,1-2H3. The van der Waals surface area contributed by atoms with Gasteiger partial charge in [0.25, 0.3) is 5.19 Å². The first-order chi connectivity index (χ1) is 7.20. The second-order valence-electron chi connectivity index (χ2n) is 2.91. The molecule has 0 saturated heterocycles. The zero-order chi connectivity index (χ0) is 10.8. The van der Waals surface area contributed by atoms with Gasteiger partial charge in [0.1, 0.15) is 0 Å². The van der Waals surface area contributed by atoms with E-state index in [-0.39, 0.29) is 5.78 Å². The molecule has 0 radical (unpaired) electrons. The number of ether oxygens (including phenoxy) is 1. The molecule has 0 aromatic carbocycles. The van der Waals surface area contributed by atoms with Crippen LogP contribution in [0.3, 0.4) is 0 Å². The van der Waals surface area contributed by atoms with Crippen molar-refractivity contribution in [1.82, 2.24) is 14.8 Å². The fourth-order valence-corrected chi connectivity index (χ4v) is 1.69. The van der Waals surface area contributed by atoms with Crippen molar-refractivity contribution in [1.29, 1.82) is 0 Å². The van der Waals surface area contributed by atoms with Crippen LogP contribution in [0.2, 0.25) is 0 Å². The second kappa shape index (κ2) is 3.82. The van der Waals surface area contributed by atoms with E-state index in [0.717, 1.165) is 0 Å². The molecule has 2 heterocycles. The Labute approximate surface area is 90.3 Å². The van der Waals surface area contributed by atoms with Gasteiger partial charge in [-0.1, -0.05) is 11.3 Å². The van der Waals surface area contributed by atoms with Gasteiger partial charge in [-0.3, -0.25) is 4.79 Å². The van der Waals surface area contributed by atoms with E-state index < -0.39 is 0 Å². The SMILES string of the molecule is COc1nc(-n2cc(C(C)=O)cn2)cs1. The molecule has 0 spiro atoms. The molecule has 5 nitrogen and oxygen atoms in total. The summed E-state index contributed by atoms with van der Waals surface area (Å²) in [4.78, 5) is 15.2. The van der Waals surface area contributed by atoms with Gasteiger partial charge < -0.3 is 4.74 Å². The Morgan fingerprint density at radius 3 is 2.93 bits per heavy atom. The van der Waals surface area contributed by atoms with Crippen molar-refractivity contribution in [3.8, 4) is 11.0 Å². The Hall–Kier alpha value is -1.69. The molecule has 0 atom stereocenters. The van der Waals surface area contributed by atoms with Gasteiger partial charge in [-0.25, -0.2) is 4.68 Å². The molecule has 0 fully saturated rings. The van der Waals surface area contributed by atoms with Crippen LogP contribution in [0.25, 0.3) is 5.82 Å². The summed E-state index contributed by atoms with van der Waals surface area (Å²) < 4.78 is 6.52. The van der Waals surface area contributed by atoms with Gasteiger partial charge in [-0.15, -0.1) is 0 Å². The molecule has 0 aliphatic rings. The molecule has 2 aromatic rings. The van der Waals surface area contributed by atoms with Gasteiger partial charge in [0, 0.05) is 11.6 Å². The van der Waals surface area contributed by atoms with Crippen molar-refractivity contribution in [2.45, 2.75) is 6.92 Å². The fourth-order valence-electron chi connectivity index (χ4n) is 1.08. The highest BCUT2D eigenvalue weighted by Gasteiger charge is 2.07. The molecule has 2 rings (SSSR count). The number of nitrogens with zero attached hydrogens (tertiary/aromatic N) is 3. The summed E-state index contributed by atoms with van der Waals surface area (Å²) in [5.74, 6) is 0.646. The predicted molar refractivity (Wildman–Crippen MR) is 55.8 cm³/mol. The quantitative estimate of drug-likeness (QED) is 0.740. The number of thiazole rings is 1. The molecule has 6 heteroatoms. The molecule has 78 valence electrons. The molecule has 0 bridgehead atoms. The van der Waals surface area contributed by atoms with Gasteiger partial charge in [0.2, 0.25) is 0 Å². The molecular weight excluding hydrogens is 214 g/mol. The summed E-state index contributed by atoms with van der Waals surface area (Å²) >= 11 is 1.38. The van der Waals surface area contributed by atoms with E-state index in [4.69, 9.17) is 4.74 Å². The van der Waals surface area contributed by atoms with Crippen LogP contribution in [0.1, 0.15) is 17.3 Å². The monoisotopic (exact) mass is 223 g/mol. The van der Waals surface area contributed by atoms with Crippen LogP contribution in [0.4, 0.5) is 0 Å². The summed E-state index contributed by atoms with van der Waals surface area (Å²) in [5.41, 5.74) is 0.571. The van der Waals surface area contributed by atoms with Gasteiger partial charge >= 0.3 is 0 Å². The van der Waals surface area contributed by atoms with Gasteiger partial charge in [-0.2, -0.15) is 10.1 Å². The van der Waals surface area contributed by atoms with Crippen molar-refractivity contribution in [3.05, 3.63) is 23.3 Å². The lowest BCUT2D eigenvalue weighted by molar-refractivity contribution is 0.101. The van der Waals surface area contributed by atoms with E-state index in [2.05, 4.69) is 10.1 Å².